The van der Waals surface area contributed by atoms with Gasteiger partial charge in [0.2, 0.25) is 0 Å². The Balaban J connectivity index is 1.72. The molecule has 1 aliphatic rings. The van der Waals surface area contributed by atoms with Gasteiger partial charge < -0.3 is 35.7 Å². The van der Waals surface area contributed by atoms with Crippen LogP contribution in [0.2, 0.25) is 6.32 Å². The minimum atomic E-state index is -1.35. The molecule has 2 rings (SSSR count). The average Bonchev–Trinajstić information content (AvgIpc) is 2.65. The lowest BCUT2D eigenvalue weighted by molar-refractivity contribution is -0.148. The Morgan fingerprint density at radius 1 is 1.24 bits per heavy atom. The maximum absolute atomic E-state index is 11.7. The van der Waals surface area contributed by atoms with Gasteiger partial charge in [0.05, 0.1) is 6.61 Å². The standard InChI is InChI=1S/C20H33BN2O6/c1-28-10-11-29-18-6-4-15(5-7-18)14-23-17-12-16(13-17)20(22,19(24)25)8-2-3-9-21(26)27/h4-7,16-17,23,26-27H,2-3,8-14,22H2,1H3,(H,24,25). The lowest BCUT2D eigenvalue weighted by Crippen LogP contribution is -2.61. The number of carboxylic acid groups (broad SMARTS) is 1. The number of aliphatic carboxylic acids is 1. The number of nitrogens with two attached hydrogens (primary N) is 1. The van der Waals surface area contributed by atoms with E-state index in [1.807, 2.05) is 24.3 Å². The van der Waals surface area contributed by atoms with Crippen molar-refractivity contribution < 1.29 is 29.4 Å². The summed E-state index contributed by atoms with van der Waals surface area (Å²) in [5.74, 6) is -0.250. The fraction of sp³-hybridized carbons (Fsp3) is 0.650. The van der Waals surface area contributed by atoms with Crippen LogP contribution in [0.3, 0.4) is 0 Å². The van der Waals surface area contributed by atoms with Gasteiger partial charge in [0.25, 0.3) is 0 Å². The average molecular weight is 408 g/mol. The molecule has 6 N–H and O–H groups in total. The summed E-state index contributed by atoms with van der Waals surface area (Å²) >= 11 is 0. The van der Waals surface area contributed by atoms with Crippen LogP contribution in [0.25, 0.3) is 0 Å². The van der Waals surface area contributed by atoms with Gasteiger partial charge in [0.1, 0.15) is 17.9 Å². The van der Waals surface area contributed by atoms with E-state index in [4.69, 9.17) is 25.3 Å². The highest BCUT2D eigenvalue weighted by Crippen LogP contribution is 2.38. The van der Waals surface area contributed by atoms with E-state index in [9.17, 15) is 9.90 Å². The number of carbonyl (C=O) groups is 1. The molecule has 0 aromatic heterocycles. The third-order valence-corrected chi connectivity index (χ3v) is 5.64. The van der Waals surface area contributed by atoms with E-state index in [0.29, 0.717) is 39.0 Å². The predicted octanol–water partition coefficient (Wildman–Crippen LogP) is 1.01. The molecule has 0 spiro atoms. The summed E-state index contributed by atoms with van der Waals surface area (Å²) in [5.41, 5.74) is 6.11. The van der Waals surface area contributed by atoms with Crippen molar-refractivity contribution in [3.05, 3.63) is 29.8 Å². The smallest absolute Gasteiger partial charge is 0.451 e. The van der Waals surface area contributed by atoms with Crippen molar-refractivity contribution in [3.63, 3.8) is 0 Å². The molecule has 162 valence electrons. The predicted molar refractivity (Wildman–Crippen MR) is 111 cm³/mol. The fourth-order valence-corrected chi connectivity index (χ4v) is 3.64. The van der Waals surface area contributed by atoms with Gasteiger partial charge in [0.15, 0.2) is 0 Å². The first-order chi connectivity index (χ1) is 13.8. The molecule has 0 saturated heterocycles. The van der Waals surface area contributed by atoms with E-state index in [1.54, 1.807) is 7.11 Å². The Morgan fingerprint density at radius 3 is 2.52 bits per heavy atom. The Hall–Kier alpha value is -1.65. The lowest BCUT2D eigenvalue weighted by Gasteiger charge is -2.45. The van der Waals surface area contributed by atoms with E-state index in [2.05, 4.69) is 5.32 Å². The van der Waals surface area contributed by atoms with E-state index in [0.717, 1.165) is 24.2 Å². The summed E-state index contributed by atoms with van der Waals surface area (Å²) < 4.78 is 10.5. The van der Waals surface area contributed by atoms with Gasteiger partial charge in [-0.3, -0.25) is 4.79 Å². The molecule has 1 fully saturated rings. The first-order valence-corrected chi connectivity index (χ1v) is 10.2. The second-order valence-corrected chi connectivity index (χ2v) is 7.80. The van der Waals surface area contributed by atoms with Crippen molar-refractivity contribution >= 4 is 13.1 Å². The molecule has 1 aromatic carbocycles. The maximum Gasteiger partial charge on any atom is 0.451 e. The first kappa shape index (κ1) is 23.6. The highest BCUT2D eigenvalue weighted by molar-refractivity contribution is 6.40. The number of carboxylic acids is 1. The summed E-state index contributed by atoms with van der Waals surface area (Å²) in [7, 11) is 0.284. The minimum Gasteiger partial charge on any atom is -0.491 e. The zero-order valence-electron chi connectivity index (χ0n) is 17.0. The molecule has 1 aromatic rings. The Bertz CT molecular complexity index is 624. The number of methoxy groups -OCH3 is 1. The molecule has 0 radical (unpaired) electrons. The normalized spacial score (nSPS) is 20.6. The quantitative estimate of drug-likeness (QED) is 0.227. The molecular weight excluding hydrogens is 375 g/mol. The number of rotatable bonds is 14. The third-order valence-electron chi connectivity index (χ3n) is 5.64. The molecule has 1 unspecified atom stereocenters. The molecule has 29 heavy (non-hydrogen) atoms. The first-order valence-electron chi connectivity index (χ1n) is 10.2. The van der Waals surface area contributed by atoms with E-state index < -0.39 is 18.6 Å². The van der Waals surface area contributed by atoms with Crippen LogP contribution < -0.4 is 15.8 Å². The van der Waals surface area contributed by atoms with Crippen LogP contribution in [0.5, 0.6) is 5.75 Å². The molecule has 0 bridgehead atoms. The van der Waals surface area contributed by atoms with Crippen LogP contribution >= 0.6 is 0 Å². The number of hydrogen-bond donors (Lipinski definition) is 5. The molecule has 0 amide bonds. The van der Waals surface area contributed by atoms with Crippen molar-refractivity contribution in [1.29, 1.82) is 0 Å². The zero-order valence-corrected chi connectivity index (χ0v) is 17.0. The molecule has 1 saturated carbocycles. The van der Waals surface area contributed by atoms with Crippen LogP contribution in [-0.4, -0.2) is 60.1 Å². The van der Waals surface area contributed by atoms with E-state index in [1.165, 1.54) is 0 Å². The summed E-state index contributed by atoms with van der Waals surface area (Å²) in [6.07, 6.45) is 3.14. The highest BCUT2D eigenvalue weighted by atomic mass is 16.5. The molecule has 1 aliphatic carbocycles. The van der Waals surface area contributed by atoms with E-state index in [-0.39, 0.29) is 18.3 Å². The largest absolute Gasteiger partial charge is 0.491 e. The van der Waals surface area contributed by atoms with E-state index >= 15 is 0 Å². The van der Waals surface area contributed by atoms with Crippen LogP contribution in [0.15, 0.2) is 24.3 Å². The molecule has 0 aliphatic heterocycles. The summed E-state index contributed by atoms with van der Waals surface area (Å²) in [5, 5.41) is 30.9. The van der Waals surface area contributed by atoms with Crippen molar-refractivity contribution in [1.82, 2.24) is 5.32 Å². The number of ether oxygens (including phenoxy) is 2. The second kappa shape index (κ2) is 11.5. The number of nitrogens with one attached hydrogen (secondary N) is 1. The van der Waals surface area contributed by atoms with Gasteiger partial charge in [-0.1, -0.05) is 25.0 Å². The Labute approximate surface area is 172 Å². The summed E-state index contributed by atoms with van der Waals surface area (Å²) in [4.78, 5) is 11.7. The lowest BCUT2D eigenvalue weighted by atomic mass is 9.66. The summed E-state index contributed by atoms with van der Waals surface area (Å²) in [6.45, 7) is 1.77. The number of benzene rings is 1. The minimum absolute atomic E-state index is 0.0758. The van der Waals surface area contributed by atoms with Gasteiger partial charge in [-0.05, 0) is 49.2 Å². The van der Waals surface area contributed by atoms with Crippen LogP contribution in [-0.2, 0) is 16.1 Å². The van der Waals surface area contributed by atoms with Crippen molar-refractivity contribution in [3.8, 4) is 5.75 Å². The third kappa shape index (κ3) is 7.28. The van der Waals surface area contributed by atoms with Crippen LogP contribution in [0.4, 0.5) is 0 Å². The van der Waals surface area contributed by atoms with Gasteiger partial charge >= 0.3 is 13.1 Å². The van der Waals surface area contributed by atoms with Crippen LogP contribution in [0, 0.1) is 5.92 Å². The maximum atomic E-state index is 11.7. The highest BCUT2D eigenvalue weighted by Gasteiger charge is 2.47. The van der Waals surface area contributed by atoms with Gasteiger partial charge in [0, 0.05) is 19.7 Å². The Kier molecular flexibility index (Phi) is 9.39. The van der Waals surface area contributed by atoms with Gasteiger partial charge in [-0.2, -0.15) is 0 Å². The molecule has 0 heterocycles. The second-order valence-electron chi connectivity index (χ2n) is 7.80. The number of unbranched alkanes of at least 4 members (excludes halogenated alkanes) is 1. The Morgan fingerprint density at radius 2 is 1.93 bits per heavy atom. The fourth-order valence-electron chi connectivity index (χ4n) is 3.64. The van der Waals surface area contributed by atoms with Gasteiger partial charge in [-0.25, -0.2) is 0 Å². The van der Waals surface area contributed by atoms with Crippen molar-refractivity contribution in [2.45, 2.75) is 56.5 Å². The zero-order chi connectivity index (χ0) is 21.3. The van der Waals surface area contributed by atoms with Gasteiger partial charge in [-0.15, -0.1) is 0 Å². The monoisotopic (exact) mass is 408 g/mol. The van der Waals surface area contributed by atoms with Crippen molar-refractivity contribution in [2.75, 3.05) is 20.3 Å². The van der Waals surface area contributed by atoms with Crippen molar-refractivity contribution in [2.24, 2.45) is 11.7 Å². The topological polar surface area (TPSA) is 134 Å². The SMILES string of the molecule is COCCOc1ccc(CNC2CC(C(N)(CCCCB(O)O)C(=O)O)C2)cc1. The van der Waals surface area contributed by atoms with Crippen LogP contribution in [0.1, 0.15) is 37.7 Å². The molecule has 9 heteroatoms. The molecule has 1 atom stereocenters. The number of hydrogen-bond acceptors (Lipinski definition) is 7. The summed E-state index contributed by atoms with van der Waals surface area (Å²) in [6, 6.07) is 8.11. The molecule has 8 nitrogen and oxygen atoms in total. The molecular formula is C20H33BN2O6.